The van der Waals surface area contributed by atoms with Crippen molar-refractivity contribution in [3.63, 3.8) is 0 Å². The summed E-state index contributed by atoms with van der Waals surface area (Å²) in [7, 11) is 1.66. The van der Waals surface area contributed by atoms with Gasteiger partial charge in [-0.05, 0) is 24.6 Å². The molecule has 0 fully saturated rings. The van der Waals surface area contributed by atoms with E-state index in [1.54, 1.807) is 30.2 Å². The minimum Gasteiger partial charge on any atom is -0.497 e. The van der Waals surface area contributed by atoms with Crippen molar-refractivity contribution in [2.75, 3.05) is 7.11 Å². The van der Waals surface area contributed by atoms with Crippen molar-refractivity contribution >= 4 is 23.1 Å². The lowest BCUT2D eigenvalue weighted by molar-refractivity contribution is 0.414. The van der Waals surface area contributed by atoms with Crippen LogP contribution in [-0.2, 0) is 0 Å². The van der Waals surface area contributed by atoms with Crippen molar-refractivity contribution in [2.24, 2.45) is 5.73 Å². The van der Waals surface area contributed by atoms with Gasteiger partial charge in [-0.1, -0.05) is 42.2 Å². The second kappa shape index (κ2) is 6.36. The average Bonchev–Trinajstić information content (AvgIpc) is 2.83. The third kappa shape index (κ3) is 3.68. The first-order chi connectivity index (χ1) is 9.10. The molecule has 1 aromatic carbocycles. The third-order valence-corrected chi connectivity index (χ3v) is 4.92. The molecular formula is C13H17N3OS2. The van der Waals surface area contributed by atoms with Gasteiger partial charge in [0.15, 0.2) is 4.34 Å². The Morgan fingerprint density at radius 3 is 2.47 bits per heavy atom. The van der Waals surface area contributed by atoms with Crippen LogP contribution in [0.1, 0.15) is 23.5 Å². The first kappa shape index (κ1) is 14.3. The van der Waals surface area contributed by atoms with Crippen LogP contribution in [0.4, 0.5) is 0 Å². The number of rotatable bonds is 5. The fourth-order valence-electron chi connectivity index (χ4n) is 1.66. The number of thioether (sulfide) groups is 1. The molecule has 19 heavy (non-hydrogen) atoms. The highest BCUT2D eigenvalue weighted by Crippen LogP contribution is 2.32. The number of ether oxygens (including phenoxy) is 1. The molecular weight excluding hydrogens is 278 g/mol. The van der Waals surface area contributed by atoms with Crippen molar-refractivity contribution in [1.29, 1.82) is 0 Å². The number of nitrogens with two attached hydrogens (primary N) is 1. The Balaban J connectivity index is 2.03. The molecule has 0 aliphatic heterocycles. The molecule has 0 spiro atoms. The van der Waals surface area contributed by atoms with Crippen molar-refractivity contribution < 1.29 is 4.74 Å². The lowest BCUT2D eigenvalue weighted by atomic mass is 10.1. The standard InChI is InChI=1S/C13H17N3OS2/c1-8(18-13-16-15-9(2)19-13)12(14)10-4-6-11(17-3)7-5-10/h4-8,12H,14H2,1-3H3. The molecule has 2 atom stereocenters. The molecule has 0 radical (unpaired) electrons. The lowest BCUT2D eigenvalue weighted by Gasteiger charge is -2.18. The molecule has 2 N–H and O–H groups in total. The first-order valence-electron chi connectivity index (χ1n) is 5.96. The van der Waals surface area contributed by atoms with Gasteiger partial charge in [0, 0.05) is 11.3 Å². The van der Waals surface area contributed by atoms with Crippen LogP contribution in [0.15, 0.2) is 28.6 Å². The summed E-state index contributed by atoms with van der Waals surface area (Å²) in [6, 6.07) is 7.83. The Morgan fingerprint density at radius 2 is 1.95 bits per heavy atom. The highest BCUT2D eigenvalue weighted by molar-refractivity contribution is 8.01. The lowest BCUT2D eigenvalue weighted by Crippen LogP contribution is -2.20. The minimum absolute atomic E-state index is 0.0416. The van der Waals surface area contributed by atoms with E-state index in [4.69, 9.17) is 10.5 Å². The summed E-state index contributed by atoms with van der Waals surface area (Å²) in [6.07, 6.45) is 0. The molecule has 0 saturated heterocycles. The number of hydrogen-bond donors (Lipinski definition) is 1. The van der Waals surface area contributed by atoms with Gasteiger partial charge in [-0.15, -0.1) is 10.2 Å². The fourth-order valence-corrected chi connectivity index (χ4v) is 3.79. The highest BCUT2D eigenvalue weighted by atomic mass is 32.2. The van der Waals surface area contributed by atoms with Crippen molar-refractivity contribution in [2.45, 2.75) is 29.5 Å². The summed E-state index contributed by atoms with van der Waals surface area (Å²) in [5.41, 5.74) is 7.38. The molecule has 0 bridgehead atoms. The van der Waals surface area contributed by atoms with Crippen LogP contribution in [0.25, 0.3) is 0 Å². The molecule has 102 valence electrons. The average molecular weight is 295 g/mol. The molecule has 1 aromatic heterocycles. The normalized spacial score (nSPS) is 14.1. The summed E-state index contributed by atoms with van der Waals surface area (Å²) in [5.74, 6) is 0.844. The Kier molecular flexibility index (Phi) is 4.79. The van der Waals surface area contributed by atoms with E-state index in [1.165, 1.54) is 0 Å². The smallest absolute Gasteiger partial charge is 0.174 e. The highest BCUT2D eigenvalue weighted by Gasteiger charge is 2.18. The maximum Gasteiger partial charge on any atom is 0.174 e. The van der Waals surface area contributed by atoms with Gasteiger partial charge in [-0.3, -0.25) is 0 Å². The maximum absolute atomic E-state index is 6.28. The van der Waals surface area contributed by atoms with E-state index in [-0.39, 0.29) is 11.3 Å². The van der Waals surface area contributed by atoms with E-state index < -0.39 is 0 Å². The quantitative estimate of drug-likeness (QED) is 0.859. The fraction of sp³-hybridized carbons (Fsp3) is 0.385. The zero-order valence-electron chi connectivity index (χ0n) is 11.2. The van der Waals surface area contributed by atoms with E-state index in [9.17, 15) is 0 Å². The first-order valence-corrected chi connectivity index (χ1v) is 7.66. The van der Waals surface area contributed by atoms with Crippen LogP contribution in [0.3, 0.4) is 0 Å². The van der Waals surface area contributed by atoms with Gasteiger partial charge in [0.25, 0.3) is 0 Å². The molecule has 0 amide bonds. The molecule has 2 aromatic rings. The molecule has 0 aliphatic carbocycles. The SMILES string of the molecule is COc1ccc(C(N)C(C)Sc2nnc(C)s2)cc1. The van der Waals surface area contributed by atoms with Crippen LogP contribution < -0.4 is 10.5 Å². The Labute approximate surface area is 121 Å². The van der Waals surface area contributed by atoms with Gasteiger partial charge in [0.2, 0.25) is 0 Å². The topological polar surface area (TPSA) is 61.0 Å². The Morgan fingerprint density at radius 1 is 1.26 bits per heavy atom. The van der Waals surface area contributed by atoms with Crippen molar-refractivity contribution in [1.82, 2.24) is 10.2 Å². The van der Waals surface area contributed by atoms with E-state index >= 15 is 0 Å². The molecule has 6 heteroatoms. The maximum atomic E-state index is 6.28. The monoisotopic (exact) mass is 295 g/mol. The Bertz CT molecular complexity index is 527. The van der Waals surface area contributed by atoms with Gasteiger partial charge >= 0.3 is 0 Å². The van der Waals surface area contributed by atoms with E-state index in [1.807, 2.05) is 31.2 Å². The summed E-state index contributed by atoms with van der Waals surface area (Å²) in [6.45, 7) is 4.06. The number of nitrogens with zero attached hydrogens (tertiary/aromatic N) is 2. The number of benzene rings is 1. The number of methoxy groups -OCH3 is 1. The molecule has 1 heterocycles. The molecule has 0 aliphatic rings. The summed E-state index contributed by atoms with van der Waals surface area (Å²) < 4.78 is 6.11. The van der Waals surface area contributed by atoms with Gasteiger partial charge in [0.1, 0.15) is 10.8 Å². The van der Waals surface area contributed by atoms with E-state index in [0.29, 0.717) is 0 Å². The second-order valence-corrected chi connectivity index (χ2v) is 7.01. The van der Waals surface area contributed by atoms with Crippen molar-refractivity contribution in [3.05, 3.63) is 34.8 Å². The predicted molar refractivity (Wildman–Crippen MR) is 79.9 cm³/mol. The Hall–Kier alpha value is -1.11. The van der Waals surface area contributed by atoms with E-state index in [0.717, 1.165) is 20.7 Å². The van der Waals surface area contributed by atoms with Crippen LogP contribution >= 0.6 is 23.1 Å². The zero-order chi connectivity index (χ0) is 13.8. The minimum atomic E-state index is -0.0416. The van der Waals surface area contributed by atoms with Gasteiger partial charge < -0.3 is 10.5 Å². The van der Waals surface area contributed by atoms with E-state index in [2.05, 4.69) is 17.1 Å². The largest absolute Gasteiger partial charge is 0.497 e. The molecule has 2 rings (SSSR count). The number of hydrogen-bond acceptors (Lipinski definition) is 6. The molecule has 2 unspecified atom stereocenters. The van der Waals surface area contributed by atoms with Gasteiger partial charge in [-0.25, -0.2) is 0 Å². The van der Waals surface area contributed by atoms with Crippen LogP contribution in [0, 0.1) is 6.92 Å². The summed E-state index contributed by atoms with van der Waals surface area (Å²) in [5, 5.41) is 9.35. The van der Waals surface area contributed by atoms with Gasteiger partial charge in [0.05, 0.1) is 7.11 Å². The van der Waals surface area contributed by atoms with Crippen LogP contribution in [0.5, 0.6) is 5.75 Å². The van der Waals surface area contributed by atoms with Crippen LogP contribution in [0.2, 0.25) is 0 Å². The number of aromatic nitrogens is 2. The zero-order valence-corrected chi connectivity index (χ0v) is 12.8. The molecule has 4 nitrogen and oxygen atoms in total. The number of aryl methyl sites for hydroxylation is 1. The molecule has 0 saturated carbocycles. The predicted octanol–water partition coefficient (Wildman–Crippen LogP) is 3.04. The van der Waals surface area contributed by atoms with Crippen LogP contribution in [-0.4, -0.2) is 22.6 Å². The third-order valence-electron chi connectivity index (χ3n) is 2.80. The van der Waals surface area contributed by atoms with Crippen molar-refractivity contribution in [3.8, 4) is 5.75 Å². The summed E-state index contributed by atoms with van der Waals surface area (Å²) >= 11 is 3.27. The summed E-state index contributed by atoms with van der Waals surface area (Å²) in [4.78, 5) is 0. The second-order valence-electron chi connectivity index (χ2n) is 4.21. The van der Waals surface area contributed by atoms with Gasteiger partial charge in [-0.2, -0.15) is 0 Å².